The molecule has 5 atom stereocenters. The number of hydrogen-bond donors (Lipinski definition) is 5. The Labute approximate surface area is 153 Å². The van der Waals surface area contributed by atoms with Gasteiger partial charge in [-0.3, -0.25) is 9.36 Å². The zero-order chi connectivity index (χ0) is 20.6. The summed E-state index contributed by atoms with van der Waals surface area (Å²) in [4.78, 5) is 27.3. The number of hydrogen-bond acceptors (Lipinski definition) is 10. The van der Waals surface area contributed by atoms with Gasteiger partial charge in [-0.25, -0.2) is 9.18 Å². The number of nitrogen functional groups attached to an aromatic ring is 1. The van der Waals surface area contributed by atoms with Crippen molar-refractivity contribution in [3.8, 4) is 0 Å². The Morgan fingerprint density at radius 1 is 1.48 bits per heavy atom. The number of aliphatic hydroxyl groups excluding tert-OH is 3. The second-order valence-electron chi connectivity index (χ2n) is 6.66. The van der Waals surface area contributed by atoms with Gasteiger partial charge in [0.25, 0.3) is 5.85 Å². The number of aliphatic hydroxyl groups is 3. The fourth-order valence-corrected chi connectivity index (χ4v) is 2.65. The van der Waals surface area contributed by atoms with Gasteiger partial charge in [0, 0.05) is 6.20 Å². The average Bonchev–Trinajstić information content (AvgIpc) is 2.81. The van der Waals surface area contributed by atoms with Crippen LogP contribution >= 0.6 is 0 Å². The van der Waals surface area contributed by atoms with Crippen molar-refractivity contribution in [1.82, 2.24) is 9.55 Å². The van der Waals surface area contributed by atoms with E-state index in [1.54, 1.807) is 13.8 Å². The molecule has 2 rings (SSSR count). The standard InChI is InChI=1S/C15H23FN4O7/c1-7(2)9(18)12(24)26-6-14(16)10(22)11(23)15(5-21,27-14)20-4-3-8(17)19-13(20)25/h3-4,7,9-11,21-23H,5-6,18H2,1-2H3,(H2,17,19,25)/t9-,10-,11+,14+,15+/m0/s1. The molecule has 11 nitrogen and oxygen atoms in total. The normalized spacial score (nSPS) is 31.9. The van der Waals surface area contributed by atoms with E-state index < -0.39 is 54.7 Å². The second kappa shape index (κ2) is 7.48. The highest BCUT2D eigenvalue weighted by atomic mass is 19.2. The second-order valence-corrected chi connectivity index (χ2v) is 6.66. The third-order valence-electron chi connectivity index (χ3n) is 4.41. The Morgan fingerprint density at radius 2 is 2.11 bits per heavy atom. The van der Waals surface area contributed by atoms with Crippen LogP contribution in [0.2, 0.25) is 0 Å². The van der Waals surface area contributed by atoms with Crippen molar-refractivity contribution in [3.05, 3.63) is 22.7 Å². The van der Waals surface area contributed by atoms with Crippen LogP contribution in [0.4, 0.5) is 10.2 Å². The number of alkyl halides is 1. The van der Waals surface area contributed by atoms with Gasteiger partial charge in [0.05, 0.1) is 6.61 Å². The number of aromatic nitrogens is 2. The van der Waals surface area contributed by atoms with Gasteiger partial charge in [0.15, 0.2) is 6.61 Å². The lowest BCUT2D eigenvalue weighted by atomic mass is 10.0. The maximum Gasteiger partial charge on any atom is 0.352 e. The molecule has 2 heterocycles. The van der Waals surface area contributed by atoms with E-state index in [-0.39, 0.29) is 11.7 Å². The van der Waals surface area contributed by atoms with Crippen LogP contribution in [0, 0.1) is 5.92 Å². The topological polar surface area (TPSA) is 183 Å². The highest BCUT2D eigenvalue weighted by Crippen LogP contribution is 2.42. The summed E-state index contributed by atoms with van der Waals surface area (Å²) in [5, 5.41) is 30.1. The Kier molecular flexibility index (Phi) is 5.87. The van der Waals surface area contributed by atoms with Gasteiger partial charge >= 0.3 is 11.7 Å². The lowest BCUT2D eigenvalue weighted by molar-refractivity contribution is -0.259. The molecule has 152 valence electrons. The molecule has 0 unspecified atom stereocenters. The smallest absolute Gasteiger partial charge is 0.352 e. The number of esters is 1. The molecule has 0 amide bonds. The summed E-state index contributed by atoms with van der Waals surface area (Å²) < 4.78 is 25.5. The third kappa shape index (κ3) is 3.66. The van der Waals surface area contributed by atoms with Gasteiger partial charge in [-0.1, -0.05) is 13.8 Å². The Hall–Kier alpha value is -2.12. The zero-order valence-electron chi connectivity index (χ0n) is 14.8. The largest absolute Gasteiger partial charge is 0.458 e. The fourth-order valence-electron chi connectivity index (χ4n) is 2.65. The van der Waals surface area contributed by atoms with Crippen molar-refractivity contribution in [2.75, 3.05) is 18.9 Å². The predicted octanol–water partition coefficient (Wildman–Crippen LogP) is -2.59. The van der Waals surface area contributed by atoms with E-state index in [1.165, 1.54) is 0 Å². The minimum atomic E-state index is -3.12. The molecule has 1 fully saturated rings. The van der Waals surface area contributed by atoms with Gasteiger partial charge in [0.2, 0.25) is 5.72 Å². The summed E-state index contributed by atoms with van der Waals surface area (Å²) in [6, 6.07) is 0.116. The summed E-state index contributed by atoms with van der Waals surface area (Å²) in [5.74, 6) is -4.50. The molecule has 27 heavy (non-hydrogen) atoms. The molecule has 1 aromatic heterocycles. The number of anilines is 1. The van der Waals surface area contributed by atoms with Crippen molar-refractivity contribution in [2.45, 2.75) is 43.7 Å². The summed E-state index contributed by atoms with van der Waals surface area (Å²) in [7, 11) is 0. The number of carbonyl (C=O) groups is 1. The van der Waals surface area contributed by atoms with E-state index in [1.807, 2.05) is 0 Å². The van der Waals surface area contributed by atoms with Crippen LogP contribution in [0.1, 0.15) is 13.8 Å². The Morgan fingerprint density at radius 3 is 2.63 bits per heavy atom. The first kappa shape index (κ1) is 21.2. The first-order valence-corrected chi connectivity index (χ1v) is 8.12. The van der Waals surface area contributed by atoms with Crippen molar-refractivity contribution >= 4 is 11.8 Å². The number of carbonyl (C=O) groups excluding carboxylic acids is 1. The van der Waals surface area contributed by atoms with E-state index in [0.29, 0.717) is 4.57 Å². The molecule has 1 saturated heterocycles. The highest BCUT2D eigenvalue weighted by molar-refractivity contribution is 5.75. The maximum atomic E-state index is 15.1. The lowest BCUT2D eigenvalue weighted by Crippen LogP contribution is -2.53. The van der Waals surface area contributed by atoms with Gasteiger partial charge in [-0.2, -0.15) is 4.98 Å². The summed E-state index contributed by atoms with van der Waals surface area (Å²) in [6.45, 7) is 1.09. The van der Waals surface area contributed by atoms with Crippen LogP contribution in [-0.4, -0.2) is 68.2 Å². The summed E-state index contributed by atoms with van der Waals surface area (Å²) in [5.41, 5.74) is 7.51. The third-order valence-corrected chi connectivity index (χ3v) is 4.41. The highest BCUT2D eigenvalue weighted by Gasteiger charge is 2.65. The monoisotopic (exact) mass is 390 g/mol. The maximum absolute atomic E-state index is 15.1. The van der Waals surface area contributed by atoms with Crippen molar-refractivity contribution in [1.29, 1.82) is 0 Å². The van der Waals surface area contributed by atoms with Gasteiger partial charge in [-0.05, 0) is 12.0 Å². The fraction of sp³-hybridized carbons (Fsp3) is 0.667. The van der Waals surface area contributed by atoms with Crippen molar-refractivity contribution < 1.29 is 34.0 Å². The van der Waals surface area contributed by atoms with Crippen LogP contribution in [0.3, 0.4) is 0 Å². The SMILES string of the molecule is CC(C)[C@H](N)C(=O)OC[C@@]1(F)O[C@@](CO)(n2ccc(N)nc2=O)[C@H](O)[C@@H]1O. The van der Waals surface area contributed by atoms with E-state index in [0.717, 1.165) is 12.3 Å². The van der Waals surface area contributed by atoms with Crippen LogP contribution in [0.25, 0.3) is 0 Å². The molecule has 0 aliphatic carbocycles. The zero-order valence-corrected chi connectivity index (χ0v) is 14.8. The Bertz CT molecular complexity index is 760. The molecule has 0 aromatic carbocycles. The molecule has 0 spiro atoms. The summed E-state index contributed by atoms with van der Waals surface area (Å²) in [6.07, 6.45) is -3.33. The molecule has 0 bridgehead atoms. The Balaban J connectivity index is 2.31. The number of ether oxygens (including phenoxy) is 2. The van der Waals surface area contributed by atoms with Crippen molar-refractivity contribution in [3.63, 3.8) is 0 Å². The number of nitrogens with zero attached hydrogens (tertiary/aromatic N) is 2. The molecule has 0 saturated carbocycles. The van der Waals surface area contributed by atoms with E-state index in [2.05, 4.69) is 4.98 Å². The minimum Gasteiger partial charge on any atom is -0.458 e. The van der Waals surface area contributed by atoms with E-state index in [9.17, 15) is 24.9 Å². The van der Waals surface area contributed by atoms with Crippen LogP contribution < -0.4 is 17.2 Å². The quantitative estimate of drug-likeness (QED) is 0.323. The van der Waals surface area contributed by atoms with E-state index in [4.69, 9.17) is 20.9 Å². The first-order chi connectivity index (χ1) is 12.5. The first-order valence-electron chi connectivity index (χ1n) is 8.12. The summed E-state index contributed by atoms with van der Waals surface area (Å²) >= 11 is 0. The van der Waals surface area contributed by atoms with Crippen molar-refractivity contribution in [2.24, 2.45) is 11.7 Å². The number of halogens is 1. The molecule has 7 N–H and O–H groups in total. The average molecular weight is 390 g/mol. The number of nitrogens with two attached hydrogens (primary N) is 2. The molecule has 12 heteroatoms. The molecule has 0 radical (unpaired) electrons. The van der Waals surface area contributed by atoms with Crippen LogP contribution in [-0.2, 0) is 20.0 Å². The molecule has 1 aromatic rings. The van der Waals surface area contributed by atoms with Crippen LogP contribution in [0.15, 0.2) is 17.1 Å². The lowest BCUT2D eigenvalue weighted by Gasteiger charge is -2.32. The minimum absolute atomic E-state index is 0.152. The molecule has 1 aliphatic rings. The number of rotatable bonds is 6. The molecular formula is C15H23FN4O7. The van der Waals surface area contributed by atoms with E-state index >= 15 is 4.39 Å². The predicted molar refractivity (Wildman–Crippen MR) is 88.7 cm³/mol. The van der Waals surface area contributed by atoms with Crippen LogP contribution in [0.5, 0.6) is 0 Å². The van der Waals surface area contributed by atoms with Gasteiger partial charge in [0.1, 0.15) is 24.1 Å². The van der Waals surface area contributed by atoms with Gasteiger partial charge in [-0.15, -0.1) is 0 Å². The molecular weight excluding hydrogens is 367 g/mol. The molecule has 1 aliphatic heterocycles. The van der Waals surface area contributed by atoms with Gasteiger partial charge < -0.3 is 36.3 Å².